The smallest absolute Gasteiger partial charge is 0.0788 e. The van der Waals surface area contributed by atoms with Crippen molar-refractivity contribution in [1.29, 1.82) is 0 Å². The molecule has 0 spiro atoms. The Kier molecular flexibility index (Phi) is 2.42. The molecule has 2 atom stereocenters. The Morgan fingerprint density at radius 1 is 1.73 bits per heavy atom. The number of allylic oxidation sites excluding steroid dienone is 1. The van der Waals surface area contributed by atoms with Crippen LogP contribution in [0.3, 0.4) is 0 Å². The van der Waals surface area contributed by atoms with Crippen molar-refractivity contribution in [3.05, 3.63) is 12.2 Å². The van der Waals surface area contributed by atoms with E-state index in [9.17, 15) is 5.11 Å². The van der Waals surface area contributed by atoms with Crippen LogP contribution < -0.4 is 5.73 Å². The highest BCUT2D eigenvalue weighted by atomic mass is 16.3. The molecule has 1 heterocycles. The van der Waals surface area contributed by atoms with Crippen molar-refractivity contribution in [2.45, 2.75) is 25.0 Å². The van der Waals surface area contributed by atoms with Crippen molar-refractivity contribution < 1.29 is 5.11 Å². The number of hydrogen-bond donors (Lipinski definition) is 2. The predicted molar refractivity (Wildman–Crippen MR) is 45.7 cm³/mol. The van der Waals surface area contributed by atoms with Crippen molar-refractivity contribution >= 4 is 6.21 Å². The fourth-order valence-corrected chi connectivity index (χ4v) is 1.19. The third-order valence-electron chi connectivity index (χ3n) is 1.83. The van der Waals surface area contributed by atoms with Gasteiger partial charge in [0.05, 0.1) is 11.6 Å². The second-order valence-corrected chi connectivity index (χ2v) is 3.09. The molecular weight excluding hydrogens is 140 g/mol. The van der Waals surface area contributed by atoms with E-state index < -0.39 is 6.10 Å². The molecule has 0 saturated carbocycles. The maximum absolute atomic E-state index is 9.25. The van der Waals surface area contributed by atoms with Crippen LogP contribution in [0, 0.1) is 0 Å². The van der Waals surface area contributed by atoms with Gasteiger partial charge in [0, 0.05) is 19.2 Å². The van der Waals surface area contributed by atoms with Crippen molar-refractivity contribution in [2.24, 2.45) is 10.7 Å². The maximum atomic E-state index is 9.25. The summed E-state index contributed by atoms with van der Waals surface area (Å²) in [6.45, 7) is 2.28. The number of aliphatic imine (C=N–C) groups is 1. The number of aliphatic hydroxyl groups excluding tert-OH is 1. The summed E-state index contributed by atoms with van der Waals surface area (Å²) in [4.78, 5) is 4.20. The molecule has 1 aliphatic rings. The lowest BCUT2D eigenvalue weighted by atomic mass is 9.96. The average Bonchev–Trinajstić information content (AvgIpc) is 2.36. The number of aliphatic hydroxyl groups is 1. The Labute approximate surface area is 66.6 Å². The summed E-state index contributed by atoms with van der Waals surface area (Å²) in [5, 5.41) is 9.25. The summed E-state index contributed by atoms with van der Waals surface area (Å²) >= 11 is 0. The Bertz CT molecular complexity index is 175. The minimum absolute atomic E-state index is 0.223. The van der Waals surface area contributed by atoms with Gasteiger partial charge in [0.15, 0.2) is 0 Å². The summed E-state index contributed by atoms with van der Waals surface area (Å²) in [7, 11) is 0. The average molecular weight is 154 g/mol. The van der Waals surface area contributed by atoms with E-state index >= 15 is 0 Å². The molecule has 11 heavy (non-hydrogen) atoms. The van der Waals surface area contributed by atoms with Gasteiger partial charge in [-0.1, -0.05) is 6.08 Å². The molecular formula is C8H14N2O. The first kappa shape index (κ1) is 8.43. The zero-order chi connectivity index (χ0) is 8.32. The molecule has 0 saturated heterocycles. The number of nitrogens with zero attached hydrogens (tertiary/aromatic N) is 1. The monoisotopic (exact) mass is 154 g/mol. The highest BCUT2D eigenvalue weighted by Crippen LogP contribution is 2.21. The molecule has 0 aliphatic carbocycles. The molecule has 2 unspecified atom stereocenters. The van der Waals surface area contributed by atoms with Crippen LogP contribution in [0.25, 0.3) is 0 Å². The van der Waals surface area contributed by atoms with E-state index in [1.54, 1.807) is 6.21 Å². The molecule has 0 aromatic rings. The van der Waals surface area contributed by atoms with Gasteiger partial charge in [-0.3, -0.25) is 4.99 Å². The van der Waals surface area contributed by atoms with Crippen LogP contribution in [0.5, 0.6) is 0 Å². The standard InChI is InChI=1S/C8H14N2O/c1-8(3-2-4-10-8)5-7(11)6-9/h2-4,7,11H,5-6,9H2,1H3. The largest absolute Gasteiger partial charge is 0.392 e. The van der Waals surface area contributed by atoms with E-state index in [1.165, 1.54) is 0 Å². The number of hydrogen-bond acceptors (Lipinski definition) is 3. The molecule has 0 bridgehead atoms. The Balaban J connectivity index is 2.47. The van der Waals surface area contributed by atoms with E-state index in [-0.39, 0.29) is 5.54 Å². The van der Waals surface area contributed by atoms with Gasteiger partial charge in [0.2, 0.25) is 0 Å². The van der Waals surface area contributed by atoms with Gasteiger partial charge in [0.1, 0.15) is 0 Å². The molecule has 0 aromatic heterocycles. The zero-order valence-electron chi connectivity index (χ0n) is 6.70. The quantitative estimate of drug-likeness (QED) is 0.605. The lowest BCUT2D eigenvalue weighted by molar-refractivity contribution is 0.155. The molecule has 3 N–H and O–H groups in total. The first-order valence-corrected chi connectivity index (χ1v) is 3.77. The van der Waals surface area contributed by atoms with Crippen molar-refractivity contribution in [2.75, 3.05) is 6.54 Å². The van der Waals surface area contributed by atoms with E-state index in [2.05, 4.69) is 4.99 Å². The Morgan fingerprint density at radius 3 is 2.91 bits per heavy atom. The summed E-state index contributed by atoms with van der Waals surface area (Å²) in [6, 6.07) is 0. The molecule has 3 heteroatoms. The van der Waals surface area contributed by atoms with Crippen molar-refractivity contribution in [3.8, 4) is 0 Å². The number of nitrogens with two attached hydrogens (primary N) is 1. The van der Waals surface area contributed by atoms with Gasteiger partial charge in [-0.05, 0) is 13.0 Å². The van der Waals surface area contributed by atoms with Crippen LogP contribution in [-0.2, 0) is 0 Å². The van der Waals surface area contributed by atoms with Crippen molar-refractivity contribution in [3.63, 3.8) is 0 Å². The van der Waals surface area contributed by atoms with Crippen LogP contribution in [0.15, 0.2) is 17.1 Å². The number of rotatable bonds is 3. The zero-order valence-corrected chi connectivity index (χ0v) is 6.70. The molecule has 62 valence electrons. The highest BCUT2D eigenvalue weighted by Gasteiger charge is 2.24. The molecule has 0 radical (unpaired) electrons. The summed E-state index contributed by atoms with van der Waals surface area (Å²) in [6.07, 6.45) is 5.79. The molecule has 1 rings (SSSR count). The van der Waals surface area contributed by atoms with Gasteiger partial charge < -0.3 is 10.8 Å². The fourth-order valence-electron chi connectivity index (χ4n) is 1.19. The van der Waals surface area contributed by atoms with E-state index in [4.69, 9.17) is 5.73 Å². The fraction of sp³-hybridized carbons (Fsp3) is 0.625. The molecule has 0 amide bonds. The molecule has 0 fully saturated rings. The third kappa shape index (κ3) is 2.13. The van der Waals surface area contributed by atoms with Crippen molar-refractivity contribution in [1.82, 2.24) is 0 Å². The van der Waals surface area contributed by atoms with Gasteiger partial charge in [-0.2, -0.15) is 0 Å². The third-order valence-corrected chi connectivity index (χ3v) is 1.83. The second kappa shape index (κ2) is 3.15. The second-order valence-electron chi connectivity index (χ2n) is 3.09. The molecule has 0 aromatic carbocycles. The lowest BCUT2D eigenvalue weighted by Gasteiger charge is -2.20. The predicted octanol–water partition coefficient (Wildman–Crippen LogP) is 0.0954. The van der Waals surface area contributed by atoms with Crippen LogP contribution in [-0.4, -0.2) is 29.5 Å². The lowest BCUT2D eigenvalue weighted by Crippen LogP contribution is -2.29. The molecule has 1 aliphatic heterocycles. The van der Waals surface area contributed by atoms with E-state index in [1.807, 2.05) is 19.1 Å². The summed E-state index contributed by atoms with van der Waals surface area (Å²) in [5.74, 6) is 0. The van der Waals surface area contributed by atoms with Gasteiger partial charge in [0.25, 0.3) is 0 Å². The maximum Gasteiger partial charge on any atom is 0.0788 e. The topological polar surface area (TPSA) is 58.6 Å². The van der Waals surface area contributed by atoms with Crippen LogP contribution in [0.2, 0.25) is 0 Å². The van der Waals surface area contributed by atoms with Gasteiger partial charge in [-0.15, -0.1) is 0 Å². The highest BCUT2D eigenvalue weighted by molar-refractivity contribution is 5.75. The first-order chi connectivity index (χ1) is 5.16. The van der Waals surface area contributed by atoms with Crippen LogP contribution in [0.4, 0.5) is 0 Å². The minimum atomic E-state index is -0.445. The molecule has 3 nitrogen and oxygen atoms in total. The summed E-state index contributed by atoms with van der Waals surface area (Å²) < 4.78 is 0. The Hall–Kier alpha value is -0.670. The first-order valence-electron chi connectivity index (χ1n) is 3.77. The van der Waals surface area contributed by atoms with Crippen LogP contribution >= 0.6 is 0 Å². The summed E-state index contributed by atoms with van der Waals surface area (Å²) in [5.41, 5.74) is 5.06. The van der Waals surface area contributed by atoms with Gasteiger partial charge in [-0.25, -0.2) is 0 Å². The normalized spacial score (nSPS) is 31.2. The minimum Gasteiger partial charge on any atom is -0.392 e. The van der Waals surface area contributed by atoms with Gasteiger partial charge >= 0.3 is 0 Å². The SMILES string of the molecule is CC1(CC(O)CN)C=CC=N1. The Morgan fingerprint density at radius 2 is 2.45 bits per heavy atom. The van der Waals surface area contributed by atoms with E-state index in [0.717, 1.165) is 0 Å². The van der Waals surface area contributed by atoms with Crippen LogP contribution in [0.1, 0.15) is 13.3 Å². The van der Waals surface area contributed by atoms with E-state index in [0.29, 0.717) is 13.0 Å².